The smallest absolute Gasteiger partial charge is 0.234 e. The highest BCUT2D eigenvalue weighted by atomic mass is 19.1. The molecule has 0 aliphatic rings. The first-order valence-corrected chi connectivity index (χ1v) is 12.4. The quantitative estimate of drug-likeness (QED) is 0.238. The number of hydrogen-bond donors (Lipinski definition) is 3. The zero-order valence-corrected chi connectivity index (χ0v) is 20.9. The molecule has 10 heteroatoms. The molecule has 0 atom stereocenters. The van der Waals surface area contributed by atoms with Gasteiger partial charge in [0.05, 0.1) is 25.4 Å². The molecule has 3 aromatic heterocycles. The van der Waals surface area contributed by atoms with Gasteiger partial charge in [0.1, 0.15) is 11.6 Å². The van der Waals surface area contributed by atoms with Gasteiger partial charge in [0, 0.05) is 53.8 Å². The number of aliphatic hydroxyl groups is 1. The number of pyridine rings is 2. The summed E-state index contributed by atoms with van der Waals surface area (Å²) in [4.78, 5) is 21.1. The Morgan fingerprint density at radius 2 is 1.49 bits per heavy atom. The Bertz CT molecular complexity index is 1570. The van der Waals surface area contributed by atoms with Gasteiger partial charge in [-0.3, -0.25) is 14.5 Å². The number of fused-ring (bicyclic) bond motifs is 1. The molecule has 3 N–H and O–H groups in total. The van der Waals surface area contributed by atoms with Gasteiger partial charge in [-0.25, -0.2) is 13.8 Å². The molecule has 0 radical (unpaired) electrons. The average Bonchev–Trinajstić information content (AvgIpc) is 3.36. The lowest BCUT2D eigenvalue weighted by molar-refractivity contribution is -0.120. The summed E-state index contributed by atoms with van der Waals surface area (Å²) < 4.78 is 29.4. The normalized spacial score (nSPS) is 11.2. The molecule has 1 amide bonds. The third-order valence-corrected chi connectivity index (χ3v) is 6.17. The van der Waals surface area contributed by atoms with Crippen LogP contribution in [-0.2, 0) is 11.3 Å². The lowest BCUT2D eigenvalue weighted by atomic mass is 9.90. The molecule has 0 saturated heterocycles. The first-order valence-electron chi connectivity index (χ1n) is 12.4. The number of aromatic nitrogens is 4. The largest absolute Gasteiger partial charge is 0.395 e. The second-order valence-electron chi connectivity index (χ2n) is 8.84. The summed E-state index contributed by atoms with van der Waals surface area (Å²) in [5, 5.41) is 19.9. The maximum absolute atomic E-state index is 13.9. The second kappa shape index (κ2) is 11.9. The summed E-state index contributed by atoms with van der Waals surface area (Å²) in [6.07, 6.45) is 5.23. The number of carbonyl (C=O) groups excluding carboxylic acids is 1. The Hall–Kier alpha value is -4.54. The number of nitrogens with zero attached hydrogens (tertiary/aromatic N) is 4. The Morgan fingerprint density at radius 1 is 0.846 bits per heavy atom. The maximum Gasteiger partial charge on any atom is 0.234 e. The zero-order chi connectivity index (χ0) is 27.2. The van der Waals surface area contributed by atoms with Crippen molar-refractivity contribution in [2.45, 2.75) is 6.54 Å². The third kappa shape index (κ3) is 5.97. The van der Waals surface area contributed by atoms with Gasteiger partial charge in [-0.2, -0.15) is 5.10 Å². The predicted octanol–water partition coefficient (Wildman–Crippen LogP) is 3.80. The van der Waals surface area contributed by atoms with Crippen LogP contribution in [0.25, 0.3) is 44.5 Å². The van der Waals surface area contributed by atoms with Crippen molar-refractivity contribution >= 4 is 16.9 Å². The fourth-order valence-corrected chi connectivity index (χ4v) is 4.39. The van der Waals surface area contributed by atoms with E-state index in [9.17, 15) is 13.6 Å². The minimum absolute atomic E-state index is 0.0437. The molecule has 198 valence electrons. The van der Waals surface area contributed by atoms with E-state index in [0.717, 1.165) is 27.6 Å². The third-order valence-electron chi connectivity index (χ3n) is 6.17. The van der Waals surface area contributed by atoms with E-state index in [2.05, 4.69) is 20.7 Å². The van der Waals surface area contributed by atoms with Crippen LogP contribution in [0, 0.1) is 11.6 Å². The SMILES string of the molecule is O=C(CNCCO)NCCn1cc2c(-c3ccc(F)cc3)c(-c3ccncc3)c(-c3ccc(F)cc3)nc2n1. The minimum atomic E-state index is -0.359. The first-order chi connectivity index (χ1) is 19.0. The summed E-state index contributed by atoms with van der Waals surface area (Å²) in [7, 11) is 0. The van der Waals surface area contributed by atoms with Crippen LogP contribution < -0.4 is 10.6 Å². The van der Waals surface area contributed by atoms with Gasteiger partial charge in [-0.1, -0.05) is 12.1 Å². The van der Waals surface area contributed by atoms with E-state index in [1.165, 1.54) is 24.3 Å². The lowest BCUT2D eigenvalue weighted by Gasteiger charge is -2.16. The van der Waals surface area contributed by atoms with Crippen LogP contribution in [0.4, 0.5) is 8.78 Å². The molecule has 0 bridgehead atoms. The fourth-order valence-electron chi connectivity index (χ4n) is 4.39. The molecule has 8 nitrogen and oxygen atoms in total. The van der Waals surface area contributed by atoms with Gasteiger partial charge in [0.2, 0.25) is 5.91 Å². The summed E-state index contributed by atoms with van der Waals surface area (Å²) in [5.41, 5.74) is 4.95. The number of halogens is 2. The van der Waals surface area contributed by atoms with E-state index in [4.69, 9.17) is 10.1 Å². The van der Waals surface area contributed by atoms with Crippen molar-refractivity contribution in [2.75, 3.05) is 26.2 Å². The highest BCUT2D eigenvalue weighted by molar-refractivity contribution is 6.05. The van der Waals surface area contributed by atoms with Gasteiger partial charge < -0.3 is 15.7 Å². The van der Waals surface area contributed by atoms with E-state index < -0.39 is 0 Å². The molecule has 0 aliphatic heterocycles. The van der Waals surface area contributed by atoms with E-state index >= 15 is 0 Å². The molecular weight excluding hydrogens is 502 g/mol. The van der Waals surface area contributed by atoms with Crippen LogP contribution in [0.15, 0.2) is 79.3 Å². The van der Waals surface area contributed by atoms with Crippen LogP contribution >= 0.6 is 0 Å². The van der Waals surface area contributed by atoms with Crippen molar-refractivity contribution in [3.8, 4) is 33.5 Å². The second-order valence-corrected chi connectivity index (χ2v) is 8.84. The summed E-state index contributed by atoms with van der Waals surface area (Å²) in [5.74, 6) is -0.904. The standard InChI is InChI=1S/C29H26F2N6O2/c30-22-5-1-19(2-6-22)26-24-18-37(15-13-34-25(39)17-33-14-16-38)36-29(24)35-28(21-3-7-23(31)8-4-21)27(26)20-9-11-32-12-10-20/h1-12,18,33,38H,13-17H2,(H,34,39). The molecule has 5 rings (SSSR count). The van der Waals surface area contributed by atoms with E-state index in [-0.39, 0.29) is 30.7 Å². The number of hydrogen-bond acceptors (Lipinski definition) is 6. The van der Waals surface area contributed by atoms with Gasteiger partial charge in [-0.15, -0.1) is 0 Å². The van der Waals surface area contributed by atoms with Crippen molar-refractivity contribution in [2.24, 2.45) is 0 Å². The summed E-state index contributed by atoms with van der Waals surface area (Å²) >= 11 is 0. The van der Waals surface area contributed by atoms with Crippen molar-refractivity contribution in [1.82, 2.24) is 30.4 Å². The Labute approximate surface area is 223 Å². The Kier molecular flexibility index (Phi) is 7.95. The Morgan fingerprint density at radius 3 is 2.15 bits per heavy atom. The summed E-state index contributed by atoms with van der Waals surface area (Å²) in [6.45, 7) is 1.13. The molecule has 3 heterocycles. The molecule has 0 unspecified atom stereocenters. The molecule has 5 aromatic rings. The van der Waals surface area contributed by atoms with Crippen molar-refractivity contribution in [1.29, 1.82) is 0 Å². The van der Waals surface area contributed by atoms with Crippen molar-refractivity contribution in [3.05, 3.63) is 90.9 Å². The lowest BCUT2D eigenvalue weighted by Crippen LogP contribution is -2.36. The first kappa shape index (κ1) is 26.1. The van der Waals surface area contributed by atoms with Gasteiger partial charge in [-0.05, 0) is 59.7 Å². The highest BCUT2D eigenvalue weighted by Gasteiger charge is 2.22. The maximum atomic E-state index is 13.9. The van der Waals surface area contributed by atoms with Gasteiger partial charge in [0.25, 0.3) is 0 Å². The van der Waals surface area contributed by atoms with Crippen LogP contribution in [-0.4, -0.2) is 57.0 Å². The Balaban J connectivity index is 1.62. The molecule has 0 spiro atoms. The molecule has 2 aromatic carbocycles. The number of benzene rings is 2. The number of amides is 1. The minimum Gasteiger partial charge on any atom is -0.395 e. The number of rotatable bonds is 10. The summed E-state index contributed by atoms with van der Waals surface area (Å²) in [6, 6.07) is 16.1. The topological polar surface area (TPSA) is 105 Å². The number of nitrogens with one attached hydrogen (secondary N) is 2. The number of carbonyl (C=O) groups is 1. The molecule has 0 fully saturated rings. The van der Waals surface area contributed by atoms with Crippen LogP contribution in [0.3, 0.4) is 0 Å². The van der Waals surface area contributed by atoms with Crippen LogP contribution in [0.5, 0.6) is 0 Å². The molecular formula is C29H26F2N6O2. The van der Waals surface area contributed by atoms with Gasteiger partial charge >= 0.3 is 0 Å². The monoisotopic (exact) mass is 528 g/mol. The molecule has 0 aliphatic carbocycles. The van der Waals surface area contributed by atoms with Crippen LogP contribution in [0.1, 0.15) is 0 Å². The fraction of sp³-hybridized carbons (Fsp3) is 0.172. The van der Waals surface area contributed by atoms with E-state index in [0.29, 0.717) is 36.5 Å². The van der Waals surface area contributed by atoms with Crippen molar-refractivity contribution in [3.63, 3.8) is 0 Å². The van der Waals surface area contributed by atoms with Gasteiger partial charge in [0.15, 0.2) is 5.65 Å². The highest BCUT2D eigenvalue weighted by Crippen LogP contribution is 2.42. The molecule has 0 saturated carbocycles. The van der Waals surface area contributed by atoms with E-state index in [1.807, 2.05) is 18.3 Å². The average molecular weight is 529 g/mol. The van der Waals surface area contributed by atoms with Crippen molar-refractivity contribution < 1.29 is 18.7 Å². The van der Waals surface area contributed by atoms with Crippen LogP contribution in [0.2, 0.25) is 0 Å². The zero-order valence-electron chi connectivity index (χ0n) is 20.9. The predicted molar refractivity (Wildman–Crippen MR) is 145 cm³/mol. The van der Waals surface area contributed by atoms with E-state index in [1.54, 1.807) is 41.3 Å². The number of aliphatic hydroxyl groups excluding tert-OH is 1. The molecule has 39 heavy (non-hydrogen) atoms.